The van der Waals surface area contributed by atoms with Gasteiger partial charge in [-0.25, -0.2) is 4.39 Å². The van der Waals surface area contributed by atoms with Crippen molar-refractivity contribution < 1.29 is 9.18 Å². The number of alkyl halides is 1. The molecule has 0 aromatic heterocycles. The van der Waals surface area contributed by atoms with Gasteiger partial charge in [0, 0.05) is 11.4 Å². The Balaban J connectivity index is 2.55. The number of rotatable bonds is 5. The highest BCUT2D eigenvalue weighted by molar-refractivity contribution is 9.09. The van der Waals surface area contributed by atoms with Crippen LogP contribution in [-0.4, -0.2) is 17.3 Å². The van der Waals surface area contributed by atoms with Gasteiger partial charge in [0.2, 0.25) is 5.91 Å². The first-order chi connectivity index (χ1) is 8.02. The molecule has 1 amide bonds. The van der Waals surface area contributed by atoms with Gasteiger partial charge in [-0.1, -0.05) is 41.9 Å². The number of benzene rings is 1. The van der Waals surface area contributed by atoms with E-state index in [1.807, 2.05) is 13.8 Å². The standard InChI is InChI=1S/C13H17BrFNO/c1-9(2)12(8-14)16-13(17)7-10-4-3-5-11(15)6-10/h3-6,9,12H,7-8H2,1-2H3,(H,16,17). The summed E-state index contributed by atoms with van der Waals surface area (Å²) in [6.07, 6.45) is 0.216. The van der Waals surface area contributed by atoms with Crippen molar-refractivity contribution in [3.63, 3.8) is 0 Å². The van der Waals surface area contributed by atoms with Crippen LogP contribution in [0.25, 0.3) is 0 Å². The van der Waals surface area contributed by atoms with Gasteiger partial charge in [0.25, 0.3) is 0 Å². The van der Waals surface area contributed by atoms with E-state index in [4.69, 9.17) is 0 Å². The zero-order valence-corrected chi connectivity index (χ0v) is 11.6. The van der Waals surface area contributed by atoms with Gasteiger partial charge in [0.15, 0.2) is 0 Å². The van der Waals surface area contributed by atoms with Crippen molar-refractivity contribution in [2.45, 2.75) is 26.3 Å². The second-order valence-electron chi connectivity index (χ2n) is 4.38. The molecular weight excluding hydrogens is 285 g/mol. The molecule has 1 N–H and O–H groups in total. The van der Waals surface area contributed by atoms with Crippen LogP contribution < -0.4 is 5.32 Å². The van der Waals surface area contributed by atoms with Crippen molar-refractivity contribution >= 4 is 21.8 Å². The zero-order valence-electron chi connectivity index (χ0n) is 10.0. The molecule has 0 saturated carbocycles. The van der Waals surface area contributed by atoms with Gasteiger partial charge in [-0.2, -0.15) is 0 Å². The van der Waals surface area contributed by atoms with Crippen LogP contribution in [0.15, 0.2) is 24.3 Å². The van der Waals surface area contributed by atoms with Gasteiger partial charge >= 0.3 is 0 Å². The molecule has 0 spiro atoms. The maximum atomic E-state index is 12.9. The maximum absolute atomic E-state index is 12.9. The third kappa shape index (κ3) is 4.86. The molecule has 0 fully saturated rings. The summed E-state index contributed by atoms with van der Waals surface area (Å²) in [7, 11) is 0. The lowest BCUT2D eigenvalue weighted by molar-refractivity contribution is -0.121. The number of nitrogens with one attached hydrogen (secondary N) is 1. The maximum Gasteiger partial charge on any atom is 0.224 e. The summed E-state index contributed by atoms with van der Waals surface area (Å²) < 4.78 is 12.9. The molecule has 0 radical (unpaired) electrons. The molecule has 17 heavy (non-hydrogen) atoms. The van der Waals surface area contributed by atoms with Gasteiger partial charge in [0.1, 0.15) is 5.82 Å². The summed E-state index contributed by atoms with van der Waals surface area (Å²) in [4.78, 5) is 11.7. The van der Waals surface area contributed by atoms with Crippen molar-refractivity contribution in [1.82, 2.24) is 5.32 Å². The zero-order chi connectivity index (χ0) is 12.8. The van der Waals surface area contributed by atoms with Gasteiger partial charge in [0.05, 0.1) is 6.42 Å². The molecule has 1 aromatic rings. The van der Waals surface area contributed by atoms with Crippen LogP contribution in [0.2, 0.25) is 0 Å². The van der Waals surface area contributed by atoms with Crippen molar-refractivity contribution in [3.8, 4) is 0 Å². The third-order valence-electron chi connectivity index (χ3n) is 2.57. The number of amides is 1. The molecule has 94 valence electrons. The minimum Gasteiger partial charge on any atom is -0.352 e. The molecule has 2 nitrogen and oxygen atoms in total. The topological polar surface area (TPSA) is 29.1 Å². The fourth-order valence-electron chi connectivity index (χ4n) is 1.47. The number of hydrogen-bond acceptors (Lipinski definition) is 1. The molecule has 0 bridgehead atoms. The lowest BCUT2D eigenvalue weighted by Crippen LogP contribution is -2.40. The van der Waals surface area contributed by atoms with E-state index in [0.717, 1.165) is 5.33 Å². The smallest absolute Gasteiger partial charge is 0.224 e. The van der Waals surface area contributed by atoms with E-state index in [1.165, 1.54) is 12.1 Å². The highest BCUT2D eigenvalue weighted by atomic mass is 79.9. The number of hydrogen-bond donors (Lipinski definition) is 1. The van der Waals surface area contributed by atoms with Crippen LogP contribution in [0.3, 0.4) is 0 Å². The van der Waals surface area contributed by atoms with Crippen LogP contribution in [0.1, 0.15) is 19.4 Å². The minimum absolute atomic E-state index is 0.0752. The van der Waals surface area contributed by atoms with Crippen molar-refractivity contribution in [2.24, 2.45) is 5.92 Å². The molecule has 1 aromatic carbocycles. The molecule has 0 heterocycles. The van der Waals surface area contributed by atoms with Crippen molar-refractivity contribution in [1.29, 1.82) is 0 Å². The molecule has 0 aliphatic rings. The van der Waals surface area contributed by atoms with E-state index in [1.54, 1.807) is 12.1 Å². The predicted octanol–water partition coefficient (Wildman–Crippen LogP) is 2.90. The second-order valence-corrected chi connectivity index (χ2v) is 5.03. The normalized spacial score (nSPS) is 12.5. The fraction of sp³-hybridized carbons (Fsp3) is 0.462. The van der Waals surface area contributed by atoms with Crippen LogP contribution in [0.4, 0.5) is 4.39 Å². The number of halogens is 2. The molecular formula is C13H17BrFNO. The van der Waals surface area contributed by atoms with E-state index < -0.39 is 0 Å². The summed E-state index contributed by atoms with van der Waals surface area (Å²) in [6.45, 7) is 4.10. The van der Waals surface area contributed by atoms with Crippen LogP contribution >= 0.6 is 15.9 Å². The predicted molar refractivity (Wildman–Crippen MR) is 70.7 cm³/mol. The Morgan fingerprint density at radius 2 is 2.18 bits per heavy atom. The van der Waals surface area contributed by atoms with E-state index in [9.17, 15) is 9.18 Å². The Bertz CT molecular complexity index is 381. The first kappa shape index (κ1) is 14.2. The molecule has 1 rings (SSSR count). The Hall–Kier alpha value is -0.900. The monoisotopic (exact) mass is 301 g/mol. The molecule has 0 saturated heterocycles. The Morgan fingerprint density at radius 1 is 1.47 bits per heavy atom. The van der Waals surface area contributed by atoms with E-state index >= 15 is 0 Å². The molecule has 4 heteroatoms. The number of carbonyl (C=O) groups is 1. The largest absolute Gasteiger partial charge is 0.352 e. The first-order valence-electron chi connectivity index (χ1n) is 5.62. The summed E-state index contributed by atoms with van der Waals surface area (Å²) in [5.74, 6) is -0.0178. The first-order valence-corrected chi connectivity index (χ1v) is 6.75. The molecule has 1 atom stereocenters. The van der Waals surface area contributed by atoms with Gasteiger partial charge < -0.3 is 5.32 Å². The second kappa shape index (κ2) is 6.74. The number of carbonyl (C=O) groups excluding carboxylic acids is 1. The third-order valence-corrected chi connectivity index (χ3v) is 3.27. The fourth-order valence-corrected chi connectivity index (χ4v) is 2.38. The molecule has 1 unspecified atom stereocenters. The van der Waals surface area contributed by atoms with Crippen LogP contribution in [-0.2, 0) is 11.2 Å². The average Bonchev–Trinajstić information content (AvgIpc) is 2.25. The summed E-state index contributed by atoms with van der Waals surface area (Å²) in [6, 6.07) is 6.23. The summed E-state index contributed by atoms with van der Waals surface area (Å²) in [5.41, 5.74) is 0.694. The van der Waals surface area contributed by atoms with E-state index in [2.05, 4.69) is 21.2 Å². The minimum atomic E-state index is -0.309. The van der Waals surface area contributed by atoms with Crippen LogP contribution in [0.5, 0.6) is 0 Å². The Labute approximate surface area is 110 Å². The molecule has 0 aliphatic heterocycles. The van der Waals surface area contributed by atoms with Crippen LogP contribution in [0, 0.1) is 11.7 Å². The quantitative estimate of drug-likeness (QED) is 0.833. The highest BCUT2D eigenvalue weighted by Gasteiger charge is 2.14. The lowest BCUT2D eigenvalue weighted by atomic mass is 10.1. The lowest BCUT2D eigenvalue weighted by Gasteiger charge is -2.19. The van der Waals surface area contributed by atoms with Gasteiger partial charge in [-0.05, 0) is 23.6 Å². The molecule has 0 aliphatic carbocycles. The Morgan fingerprint density at radius 3 is 2.71 bits per heavy atom. The Kier molecular flexibility index (Phi) is 5.62. The summed E-state index contributed by atoms with van der Waals surface area (Å²) >= 11 is 3.37. The summed E-state index contributed by atoms with van der Waals surface area (Å²) in [5, 5.41) is 3.65. The highest BCUT2D eigenvalue weighted by Crippen LogP contribution is 2.07. The van der Waals surface area contributed by atoms with Crippen molar-refractivity contribution in [3.05, 3.63) is 35.6 Å². The van der Waals surface area contributed by atoms with Gasteiger partial charge in [-0.3, -0.25) is 4.79 Å². The van der Waals surface area contributed by atoms with Crippen molar-refractivity contribution in [2.75, 3.05) is 5.33 Å². The van der Waals surface area contributed by atoms with E-state index in [-0.39, 0.29) is 24.2 Å². The average molecular weight is 302 g/mol. The van der Waals surface area contributed by atoms with E-state index in [0.29, 0.717) is 11.5 Å². The SMILES string of the molecule is CC(C)C(CBr)NC(=O)Cc1cccc(F)c1. The van der Waals surface area contributed by atoms with Gasteiger partial charge in [-0.15, -0.1) is 0 Å².